The van der Waals surface area contributed by atoms with Crippen molar-refractivity contribution in [1.82, 2.24) is 0 Å². The summed E-state index contributed by atoms with van der Waals surface area (Å²) in [5.41, 5.74) is 3.29. The fraction of sp³-hybridized carbons (Fsp3) is 0.407. The van der Waals surface area contributed by atoms with Gasteiger partial charge >= 0.3 is 0 Å². The lowest BCUT2D eigenvalue weighted by molar-refractivity contribution is 0.130. The van der Waals surface area contributed by atoms with Gasteiger partial charge in [0.05, 0.1) is 0 Å². The van der Waals surface area contributed by atoms with Crippen molar-refractivity contribution in [2.75, 3.05) is 24.8 Å². The van der Waals surface area contributed by atoms with E-state index in [2.05, 4.69) is 55.3 Å². The average molecular weight is 456 g/mol. The van der Waals surface area contributed by atoms with Crippen LogP contribution in [0.4, 0.5) is 5.69 Å². The van der Waals surface area contributed by atoms with Gasteiger partial charge in [-0.05, 0) is 49.4 Å². The van der Waals surface area contributed by atoms with Gasteiger partial charge in [-0.15, -0.1) is 31.8 Å². The van der Waals surface area contributed by atoms with Gasteiger partial charge in [-0.1, -0.05) is 74.2 Å². The molecule has 4 heteroatoms. The number of unbranched alkanes of at least 4 members (excludes halogenated alkanes) is 6. The second-order valence-corrected chi connectivity index (χ2v) is 8.60. The maximum Gasteiger partial charge on any atom is 0.118 e. The molecule has 0 atom stereocenters. The van der Waals surface area contributed by atoms with E-state index in [0.717, 1.165) is 52.6 Å². The number of allylic oxidation sites excluding steroid dienone is 1. The molecule has 168 valence electrons. The van der Waals surface area contributed by atoms with Crippen LogP contribution < -0.4 is 4.90 Å². The Morgan fingerprint density at radius 1 is 0.839 bits per heavy atom. The number of ether oxygens (including phenoxy) is 1. The Morgan fingerprint density at radius 2 is 1.42 bits per heavy atom. The number of nitrogens with zero attached hydrogens (tertiary/aromatic N) is 1. The Hall–Kier alpha value is -1.62. The third kappa shape index (κ3) is 9.18. The first-order chi connectivity index (χ1) is 15.2. The van der Waals surface area contributed by atoms with Crippen LogP contribution in [-0.2, 0) is 4.74 Å². The molecule has 0 aromatic heterocycles. The van der Waals surface area contributed by atoms with Crippen molar-refractivity contribution in [3.8, 4) is 0 Å². The SMILES string of the molecule is C=CCCCCCCCCOCN(CC)c1ccc(C(S)=C(S)c2ccccc2)cc1. The van der Waals surface area contributed by atoms with E-state index in [0.29, 0.717) is 6.73 Å². The summed E-state index contributed by atoms with van der Waals surface area (Å²) in [5, 5.41) is 0. The maximum absolute atomic E-state index is 5.94. The molecule has 0 aliphatic rings. The molecule has 2 aromatic rings. The molecular weight excluding hydrogens is 418 g/mol. The third-order valence-corrected chi connectivity index (χ3v) is 6.49. The van der Waals surface area contributed by atoms with Crippen LogP contribution >= 0.6 is 25.3 Å². The molecule has 2 aromatic carbocycles. The van der Waals surface area contributed by atoms with Crippen LogP contribution in [0, 0.1) is 0 Å². The summed E-state index contributed by atoms with van der Waals surface area (Å²) in [6, 6.07) is 18.6. The predicted octanol–water partition coefficient (Wildman–Crippen LogP) is 8.09. The van der Waals surface area contributed by atoms with Gasteiger partial charge in [-0.2, -0.15) is 0 Å². The van der Waals surface area contributed by atoms with Crippen LogP contribution in [-0.4, -0.2) is 19.9 Å². The van der Waals surface area contributed by atoms with Gasteiger partial charge in [-0.3, -0.25) is 0 Å². The fourth-order valence-corrected chi connectivity index (χ4v) is 3.98. The molecule has 0 heterocycles. The summed E-state index contributed by atoms with van der Waals surface area (Å²) in [7, 11) is 0. The van der Waals surface area contributed by atoms with Gasteiger partial charge in [0.15, 0.2) is 0 Å². The largest absolute Gasteiger partial charge is 0.361 e. The second kappa shape index (κ2) is 15.2. The lowest BCUT2D eigenvalue weighted by Gasteiger charge is -2.23. The topological polar surface area (TPSA) is 12.5 Å². The maximum atomic E-state index is 5.94. The van der Waals surface area contributed by atoms with E-state index in [1.165, 1.54) is 32.1 Å². The van der Waals surface area contributed by atoms with Gasteiger partial charge < -0.3 is 9.64 Å². The minimum absolute atomic E-state index is 0.626. The highest BCUT2D eigenvalue weighted by molar-refractivity contribution is 7.96. The first-order valence-corrected chi connectivity index (χ1v) is 12.3. The van der Waals surface area contributed by atoms with Gasteiger partial charge in [0.25, 0.3) is 0 Å². The molecule has 0 fully saturated rings. The molecule has 2 nitrogen and oxygen atoms in total. The first kappa shape index (κ1) is 25.6. The minimum Gasteiger partial charge on any atom is -0.361 e. The molecular formula is C27H37NOS2. The van der Waals surface area contributed by atoms with Crippen LogP contribution in [0.15, 0.2) is 67.3 Å². The number of rotatable bonds is 15. The van der Waals surface area contributed by atoms with Crippen LogP contribution in [0.1, 0.15) is 63.0 Å². The molecule has 2 rings (SSSR count). The van der Waals surface area contributed by atoms with Crippen molar-refractivity contribution in [3.63, 3.8) is 0 Å². The highest BCUT2D eigenvalue weighted by atomic mass is 32.1. The van der Waals surface area contributed by atoms with E-state index in [1.807, 2.05) is 36.4 Å². The highest BCUT2D eigenvalue weighted by Crippen LogP contribution is 2.32. The second-order valence-electron chi connectivity index (χ2n) is 7.70. The van der Waals surface area contributed by atoms with Gasteiger partial charge in [0.2, 0.25) is 0 Å². The smallest absolute Gasteiger partial charge is 0.118 e. The molecule has 0 saturated carbocycles. The monoisotopic (exact) mass is 455 g/mol. The van der Waals surface area contributed by atoms with Crippen LogP contribution in [0.25, 0.3) is 9.81 Å². The first-order valence-electron chi connectivity index (χ1n) is 11.4. The van der Waals surface area contributed by atoms with Gasteiger partial charge in [-0.25, -0.2) is 0 Å². The van der Waals surface area contributed by atoms with Crippen LogP contribution in [0.2, 0.25) is 0 Å². The number of thiol groups is 2. The fourth-order valence-electron chi connectivity index (χ4n) is 3.42. The zero-order valence-electron chi connectivity index (χ0n) is 18.8. The van der Waals surface area contributed by atoms with E-state index in [1.54, 1.807) is 0 Å². The normalized spacial score (nSPS) is 11.8. The lowest BCUT2D eigenvalue weighted by atomic mass is 10.1. The van der Waals surface area contributed by atoms with Crippen molar-refractivity contribution in [2.45, 2.75) is 51.9 Å². The van der Waals surface area contributed by atoms with Gasteiger partial charge in [0.1, 0.15) is 6.73 Å². The summed E-state index contributed by atoms with van der Waals surface area (Å²) in [4.78, 5) is 4.01. The zero-order chi connectivity index (χ0) is 22.3. The minimum atomic E-state index is 0.626. The number of anilines is 1. The Balaban J connectivity index is 1.78. The van der Waals surface area contributed by atoms with Crippen LogP contribution in [0.3, 0.4) is 0 Å². The summed E-state index contributed by atoms with van der Waals surface area (Å²) in [5.74, 6) is 0. The standard InChI is InChI=1S/C27H37NOS2/c1-3-5-6-7-8-9-10-14-21-29-22-28(4-2)25-19-17-24(18-20-25)27(31)26(30)23-15-12-11-13-16-23/h3,11-13,15-20,30-31H,1,4-10,14,21-22H2,2H3. The predicted molar refractivity (Wildman–Crippen MR) is 144 cm³/mol. The van der Waals surface area contributed by atoms with E-state index in [4.69, 9.17) is 17.4 Å². The van der Waals surface area contributed by atoms with E-state index in [-0.39, 0.29) is 0 Å². The molecule has 31 heavy (non-hydrogen) atoms. The highest BCUT2D eigenvalue weighted by Gasteiger charge is 2.08. The van der Waals surface area contributed by atoms with E-state index >= 15 is 0 Å². The molecule has 0 amide bonds. The number of hydrogen-bond donors (Lipinski definition) is 2. The summed E-state index contributed by atoms with van der Waals surface area (Å²) in [6.45, 7) is 8.29. The molecule has 0 aliphatic carbocycles. The summed E-state index contributed by atoms with van der Waals surface area (Å²) in [6.07, 6.45) is 10.8. The van der Waals surface area contributed by atoms with Crippen molar-refractivity contribution < 1.29 is 4.74 Å². The van der Waals surface area contributed by atoms with E-state index in [9.17, 15) is 0 Å². The molecule has 0 radical (unpaired) electrons. The molecule has 0 spiro atoms. The van der Waals surface area contributed by atoms with Crippen molar-refractivity contribution in [3.05, 3.63) is 78.4 Å². The Labute approximate surface area is 200 Å². The van der Waals surface area contributed by atoms with Crippen LogP contribution in [0.5, 0.6) is 0 Å². The molecule has 0 bridgehead atoms. The lowest BCUT2D eigenvalue weighted by Crippen LogP contribution is -2.26. The number of benzene rings is 2. The quantitative estimate of drug-likeness (QED) is 0.0925. The van der Waals surface area contributed by atoms with Crippen molar-refractivity contribution in [1.29, 1.82) is 0 Å². The van der Waals surface area contributed by atoms with E-state index < -0.39 is 0 Å². The van der Waals surface area contributed by atoms with Crippen molar-refractivity contribution >= 4 is 40.8 Å². The molecule has 0 unspecified atom stereocenters. The Kier molecular flexibility index (Phi) is 12.6. The molecule has 0 N–H and O–H groups in total. The summed E-state index contributed by atoms with van der Waals surface area (Å²) >= 11 is 9.40. The molecule has 0 aliphatic heterocycles. The van der Waals surface area contributed by atoms with Gasteiger partial charge in [0, 0.05) is 28.6 Å². The number of hydrogen-bond acceptors (Lipinski definition) is 4. The Morgan fingerprint density at radius 3 is 2.03 bits per heavy atom. The molecule has 0 saturated heterocycles. The summed E-state index contributed by atoms with van der Waals surface area (Å²) < 4.78 is 5.94. The Bertz CT molecular complexity index is 787. The van der Waals surface area contributed by atoms with Crippen molar-refractivity contribution in [2.24, 2.45) is 0 Å². The third-order valence-electron chi connectivity index (χ3n) is 5.35. The average Bonchev–Trinajstić information content (AvgIpc) is 2.82. The zero-order valence-corrected chi connectivity index (χ0v) is 20.6.